The van der Waals surface area contributed by atoms with Crippen molar-refractivity contribution in [3.8, 4) is 0 Å². The highest BCUT2D eigenvalue weighted by atomic mass is 35.5. The number of halogens is 1. The van der Waals surface area contributed by atoms with Crippen LogP contribution in [0.1, 0.15) is 18.6 Å². The molecule has 2 unspecified atom stereocenters. The van der Waals surface area contributed by atoms with E-state index in [1.807, 2.05) is 0 Å². The molecular weight excluding hydrogens is 236 g/mol. The summed E-state index contributed by atoms with van der Waals surface area (Å²) in [5.41, 5.74) is 0.514. The summed E-state index contributed by atoms with van der Waals surface area (Å²) in [6, 6.07) is 6.56. The van der Waals surface area contributed by atoms with Gasteiger partial charge in [-0.05, 0) is 24.6 Å². The second-order valence-corrected chi connectivity index (χ2v) is 6.37. The summed E-state index contributed by atoms with van der Waals surface area (Å²) < 4.78 is 22.5. The third kappa shape index (κ3) is 3.19. The fraction of sp³-hybridized carbons (Fsp3) is 0.400. The Kier molecular flexibility index (Phi) is 3.76. The Morgan fingerprint density at radius 2 is 2.00 bits per heavy atom. The van der Waals surface area contributed by atoms with E-state index in [1.54, 1.807) is 24.3 Å². The minimum absolute atomic E-state index is 0.479. The maximum Gasteiger partial charge on any atom is 0.152 e. The molecule has 1 N–H and O–H groups in total. The van der Waals surface area contributed by atoms with E-state index in [9.17, 15) is 13.5 Å². The Morgan fingerprint density at radius 1 is 1.40 bits per heavy atom. The van der Waals surface area contributed by atoms with Gasteiger partial charge in [-0.15, -0.1) is 0 Å². The molecule has 0 spiro atoms. The Morgan fingerprint density at radius 3 is 2.47 bits per heavy atom. The van der Waals surface area contributed by atoms with E-state index in [-0.39, 0.29) is 0 Å². The van der Waals surface area contributed by atoms with Crippen LogP contribution in [0.25, 0.3) is 0 Å². The summed E-state index contributed by atoms with van der Waals surface area (Å²) in [4.78, 5) is 0. The molecule has 15 heavy (non-hydrogen) atoms. The standard InChI is InChI=1S/C10H13ClO3S/c1-7(15(2,13)14)10(12)8-4-3-5-9(11)6-8/h3-7,10,12H,1-2H3. The van der Waals surface area contributed by atoms with Gasteiger partial charge in [-0.1, -0.05) is 23.7 Å². The van der Waals surface area contributed by atoms with Crippen LogP contribution in [-0.2, 0) is 9.84 Å². The van der Waals surface area contributed by atoms with Crippen LogP contribution in [0.3, 0.4) is 0 Å². The minimum atomic E-state index is -3.26. The van der Waals surface area contributed by atoms with Crippen molar-refractivity contribution in [1.29, 1.82) is 0 Å². The molecule has 0 amide bonds. The highest BCUT2D eigenvalue weighted by Gasteiger charge is 2.25. The van der Waals surface area contributed by atoms with Crippen LogP contribution in [0.15, 0.2) is 24.3 Å². The van der Waals surface area contributed by atoms with Crippen LogP contribution < -0.4 is 0 Å². The van der Waals surface area contributed by atoms with E-state index in [1.165, 1.54) is 6.92 Å². The molecule has 0 aliphatic rings. The summed E-state index contributed by atoms with van der Waals surface area (Å²) in [5.74, 6) is 0. The van der Waals surface area contributed by atoms with Gasteiger partial charge in [0.25, 0.3) is 0 Å². The number of aliphatic hydroxyl groups is 1. The lowest BCUT2D eigenvalue weighted by molar-refractivity contribution is 0.176. The zero-order valence-corrected chi connectivity index (χ0v) is 10.1. The quantitative estimate of drug-likeness (QED) is 0.888. The van der Waals surface area contributed by atoms with Crippen LogP contribution >= 0.6 is 11.6 Å². The Labute approximate surface area is 94.6 Å². The number of aliphatic hydroxyl groups excluding tert-OH is 1. The molecule has 0 radical (unpaired) electrons. The van der Waals surface area contributed by atoms with Gasteiger partial charge < -0.3 is 5.11 Å². The smallest absolute Gasteiger partial charge is 0.152 e. The van der Waals surface area contributed by atoms with Crippen LogP contribution in [0.2, 0.25) is 5.02 Å². The van der Waals surface area contributed by atoms with Crippen LogP contribution in [0.4, 0.5) is 0 Å². The molecule has 0 heterocycles. The average Bonchev–Trinajstić information content (AvgIpc) is 2.14. The molecule has 0 aliphatic carbocycles. The first-order valence-corrected chi connectivity index (χ1v) is 6.78. The van der Waals surface area contributed by atoms with Gasteiger partial charge in [-0.2, -0.15) is 0 Å². The molecule has 0 aromatic heterocycles. The Bertz CT molecular complexity index is 442. The van der Waals surface area contributed by atoms with E-state index in [2.05, 4.69) is 0 Å². The predicted molar refractivity (Wildman–Crippen MR) is 60.7 cm³/mol. The van der Waals surface area contributed by atoms with Crippen LogP contribution in [0.5, 0.6) is 0 Å². The number of benzene rings is 1. The SMILES string of the molecule is CC(C(O)c1cccc(Cl)c1)S(C)(=O)=O. The zero-order chi connectivity index (χ0) is 11.6. The lowest BCUT2D eigenvalue weighted by Gasteiger charge is -2.17. The largest absolute Gasteiger partial charge is 0.387 e. The minimum Gasteiger partial charge on any atom is -0.387 e. The van der Waals surface area contributed by atoms with Gasteiger partial charge in [0.2, 0.25) is 0 Å². The molecule has 3 nitrogen and oxygen atoms in total. The molecule has 2 atom stereocenters. The topological polar surface area (TPSA) is 54.4 Å². The van der Waals surface area contributed by atoms with E-state index in [0.717, 1.165) is 6.26 Å². The Balaban J connectivity index is 3.00. The van der Waals surface area contributed by atoms with Gasteiger partial charge in [0, 0.05) is 11.3 Å². The van der Waals surface area contributed by atoms with Crippen molar-refractivity contribution in [2.24, 2.45) is 0 Å². The maximum atomic E-state index is 11.2. The molecule has 0 saturated carbocycles. The lowest BCUT2D eigenvalue weighted by Crippen LogP contribution is -2.24. The summed E-state index contributed by atoms with van der Waals surface area (Å²) in [5, 5.41) is 9.45. The Hall–Kier alpha value is -0.580. The maximum absolute atomic E-state index is 11.2. The first-order chi connectivity index (χ1) is 6.82. The normalized spacial score (nSPS) is 16.0. The number of hydrogen-bond acceptors (Lipinski definition) is 3. The van der Waals surface area contributed by atoms with Crippen LogP contribution in [0, 0.1) is 0 Å². The van der Waals surface area contributed by atoms with Gasteiger partial charge in [-0.25, -0.2) is 8.42 Å². The number of rotatable bonds is 3. The summed E-state index contributed by atoms with van der Waals surface area (Å²) >= 11 is 5.75. The molecule has 0 aliphatic heterocycles. The number of hydrogen-bond donors (Lipinski definition) is 1. The molecule has 1 aromatic carbocycles. The lowest BCUT2D eigenvalue weighted by atomic mass is 10.1. The van der Waals surface area contributed by atoms with E-state index < -0.39 is 21.2 Å². The van der Waals surface area contributed by atoms with Crippen LogP contribution in [-0.4, -0.2) is 25.0 Å². The van der Waals surface area contributed by atoms with E-state index >= 15 is 0 Å². The third-order valence-electron chi connectivity index (χ3n) is 2.31. The van der Waals surface area contributed by atoms with Crippen molar-refractivity contribution < 1.29 is 13.5 Å². The molecule has 0 bridgehead atoms. The van der Waals surface area contributed by atoms with Gasteiger partial charge in [-0.3, -0.25) is 0 Å². The van der Waals surface area contributed by atoms with E-state index in [0.29, 0.717) is 10.6 Å². The second kappa shape index (κ2) is 4.51. The number of sulfone groups is 1. The van der Waals surface area contributed by atoms with Gasteiger partial charge in [0.15, 0.2) is 9.84 Å². The second-order valence-electron chi connectivity index (χ2n) is 3.53. The van der Waals surface area contributed by atoms with Crippen molar-refractivity contribution >= 4 is 21.4 Å². The monoisotopic (exact) mass is 248 g/mol. The van der Waals surface area contributed by atoms with Crippen molar-refractivity contribution in [3.63, 3.8) is 0 Å². The molecule has 1 rings (SSSR count). The molecular formula is C10H13ClO3S. The first-order valence-electron chi connectivity index (χ1n) is 4.45. The molecule has 5 heteroatoms. The van der Waals surface area contributed by atoms with E-state index in [4.69, 9.17) is 11.6 Å². The average molecular weight is 249 g/mol. The molecule has 0 fully saturated rings. The summed E-state index contributed by atoms with van der Waals surface area (Å²) in [6.07, 6.45) is 0.0597. The molecule has 84 valence electrons. The molecule has 1 aromatic rings. The van der Waals surface area contributed by atoms with Gasteiger partial charge in [0.05, 0.1) is 11.4 Å². The summed E-state index contributed by atoms with van der Waals surface area (Å²) in [7, 11) is -3.26. The predicted octanol–water partition coefficient (Wildman–Crippen LogP) is 1.81. The zero-order valence-electron chi connectivity index (χ0n) is 8.51. The highest BCUT2D eigenvalue weighted by molar-refractivity contribution is 7.91. The third-order valence-corrected chi connectivity index (χ3v) is 4.15. The van der Waals surface area contributed by atoms with Gasteiger partial charge >= 0.3 is 0 Å². The molecule has 0 saturated heterocycles. The van der Waals surface area contributed by atoms with Crippen molar-refractivity contribution in [3.05, 3.63) is 34.9 Å². The first kappa shape index (κ1) is 12.5. The fourth-order valence-corrected chi connectivity index (χ4v) is 2.02. The van der Waals surface area contributed by atoms with Gasteiger partial charge in [0.1, 0.15) is 0 Å². The summed E-state index contributed by atoms with van der Waals surface area (Å²) in [6.45, 7) is 1.47. The fourth-order valence-electron chi connectivity index (χ4n) is 1.20. The highest BCUT2D eigenvalue weighted by Crippen LogP contribution is 2.23. The van der Waals surface area contributed by atoms with Crippen molar-refractivity contribution in [1.82, 2.24) is 0 Å². The van der Waals surface area contributed by atoms with Crippen molar-refractivity contribution in [2.75, 3.05) is 6.26 Å². The van der Waals surface area contributed by atoms with Crippen molar-refractivity contribution in [2.45, 2.75) is 18.3 Å².